The summed E-state index contributed by atoms with van der Waals surface area (Å²) >= 11 is 0. The van der Waals surface area contributed by atoms with Gasteiger partial charge < -0.3 is 4.74 Å². The van der Waals surface area contributed by atoms with Crippen LogP contribution in [0.15, 0.2) is 41.4 Å². The molecule has 0 amide bonds. The van der Waals surface area contributed by atoms with Crippen LogP contribution in [0.5, 0.6) is 5.88 Å². The fourth-order valence-electron chi connectivity index (χ4n) is 1.92. The smallest absolute Gasteiger partial charge is 0.240 e. The largest absolute Gasteiger partial charge is 0.470 e. The van der Waals surface area contributed by atoms with Crippen LogP contribution < -0.4 is 4.74 Å². The molecule has 0 fully saturated rings. The molecule has 1 aromatic carbocycles. The maximum absolute atomic E-state index is 5.58. The van der Waals surface area contributed by atoms with Crippen molar-refractivity contribution in [1.82, 2.24) is 4.98 Å². The molecule has 0 saturated heterocycles. The molecule has 0 unspecified atom stereocenters. The molecule has 3 rings (SSSR count). The Bertz CT molecular complexity index is 615. The molecule has 0 radical (unpaired) electrons. The molecule has 1 aromatic heterocycles. The monoisotopic (exact) mass is 238 g/mol. The van der Waals surface area contributed by atoms with Crippen LogP contribution in [0.25, 0.3) is 11.3 Å². The van der Waals surface area contributed by atoms with Gasteiger partial charge in [0.25, 0.3) is 0 Å². The topological polar surface area (TPSA) is 34.5 Å². The summed E-state index contributed by atoms with van der Waals surface area (Å²) in [5.74, 6) is 0.624. The molecule has 0 bridgehead atoms. The summed E-state index contributed by atoms with van der Waals surface area (Å²) in [5, 5.41) is 0. The van der Waals surface area contributed by atoms with Gasteiger partial charge >= 0.3 is 0 Å². The van der Waals surface area contributed by atoms with E-state index < -0.39 is 0 Å². The van der Waals surface area contributed by atoms with Crippen LogP contribution in [0, 0.1) is 6.92 Å². The van der Waals surface area contributed by atoms with E-state index in [0.29, 0.717) is 12.5 Å². The van der Waals surface area contributed by atoms with Gasteiger partial charge in [-0.2, -0.15) is 0 Å². The lowest BCUT2D eigenvalue weighted by molar-refractivity contribution is 0.357. The molecule has 1 aliphatic heterocycles. The van der Waals surface area contributed by atoms with Crippen molar-refractivity contribution in [1.29, 1.82) is 0 Å². The van der Waals surface area contributed by atoms with Gasteiger partial charge in [0.15, 0.2) is 0 Å². The van der Waals surface area contributed by atoms with Gasteiger partial charge in [-0.1, -0.05) is 29.8 Å². The quantitative estimate of drug-likeness (QED) is 0.761. The summed E-state index contributed by atoms with van der Waals surface area (Å²) < 4.78 is 5.58. The Labute approximate surface area is 106 Å². The summed E-state index contributed by atoms with van der Waals surface area (Å²) in [4.78, 5) is 8.94. The molecule has 0 aliphatic carbocycles. The molecule has 18 heavy (non-hydrogen) atoms. The van der Waals surface area contributed by atoms with E-state index in [0.717, 1.165) is 22.7 Å². The zero-order chi connectivity index (χ0) is 12.5. The molecule has 1 aliphatic rings. The highest BCUT2D eigenvalue weighted by Crippen LogP contribution is 2.31. The zero-order valence-electron chi connectivity index (χ0n) is 10.5. The van der Waals surface area contributed by atoms with E-state index in [-0.39, 0.29) is 0 Å². The predicted molar refractivity (Wildman–Crippen MR) is 72.7 cm³/mol. The zero-order valence-corrected chi connectivity index (χ0v) is 10.5. The fraction of sp³-hybridized carbons (Fsp3) is 0.200. The Morgan fingerprint density at radius 3 is 2.56 bits per heavy atom. The van der Waals surface area contributed by atoms with Crippen LogP contribution in [-0.4, -0.2) is 17.3 Å². The number of ether oxygens (including phenoxy) is 1. The third-order valence-corrected chi connectivity index (χ3v) is 2.92. The summed E-state index contributed by atoms with van der Waals surface area (Å²) in [7, 11) is 0. The Morgan fingerprint density at radius 1 is 1.00 bits per heavy atom. The standard InChI is InChI=1S/C15H14N2O/c1-10-3-5-12(6-4-10)13-7-8-14-15(17-13)18-9-11(2)16-14/h3-8H,9H2,1-2H3. The molecule has 3 heteroatoms. The number of aromatic nitrogens is 1. The molecule has 0 N–H and O–H groups in total. The Hall–Kier alpha value is -2.16. The molecule has 0 spiro atoms. The molecule has 2 aromatic rings. The van der Waals surface area contributed by atoms with Crippen molar-refractivity contribution in [3.05, 3.63) is 42.0 Å². The number of aliphatic imine (C=N–C) groups is 1. The molecule has 90 valence electrons. The van der Waals surface area contributed by atoms with Crippen LogP contribution in [0.3, 0.4) is 0 Å². The average Bonchev–Trinajstić information content (AvgIpc) is 2.39. The van der Waals surface area contributed by atoms with Crippen molar-refractivity contribution in [3.8, 4) is 17.1 Å². The Kier molecular flexibility index (Phi) is 2.59. The van der Waals surface area contributed by atoms with E-state index in [4.69, 9.17) is 4.74 Å². The molecule has 3 nitrogen and oxygen atoms in total. The predicted octanol–water partition coefficient (Wildman–Crippen LogP) is 3.54. The first-order valence-corrected chi connectivity index (χ1v) is 5.97. The number of benzene rings is 1. The molecule has 0 saturated carbocycles. The van der Waals surface area contributed by atoms with Crippen molar-refractivity contribution < 1.29 is 4.74 Å². The highest BCUT2D eigenvalue weighted by atomic mass is 16.5. The lowest BCUT2D eigenvalue weighted by Crippen LogP contribution is -2.12. The normalized spacial score (nSPS) is 13.6. The van der Waals surface area contributed by atoms with E-state index in [1.165, 1.54) is 5.56 Å². The highest BCUT2D eigenvalue weighted by molar-refractivity contribution is 5.88. The number of pyridine rings is 1. The first kappa shape index (κ1) is 11.0. The summed E-state index contributed by atoms with van der Waals surface area (Å²) in [5.41, 5.74) is 5.05. The number of hydrogen-bond acceptors (Lipinski definition) is 3. The van der Waals surface area contributed by atoms with Crippen molar-refractivity contribution in [3.63, 3.8) is 0 Å². The van der Waals surface area contributed by atoms with Crippen molar-refractivity contribution in [2.24, 2.45) is 4.99 Å². The maximum Gasteiger partial charge on any atom is 0.240 e. The van der Waals surface area contributed by atoms with Gasteiger partial charge in [0.2, 0.25) is 5.88 Å². The van der Waals surface area contributed by atoms with Gasteiger partial charge in [-0.25, -0.2) is 9.98 Å². The van der Waals surface area contributed by atoms with Gasteiger partial charge in [0.05, 0.1) is 11.4 Å². The third kappa shape index (κ3) is 1.99. The molecule has 2 heterocycles. The minimum atomic E-state index is 0.525. The first-order valence-electron chi connectivity index (χ1n) is 5.97. The minimum absolute atomic E-state index is 0.525. The van der Waals surface area contributed by atoms with E-state index in [1.807, 2.05) is 19.1 Å². The van der Waals surface area contributed by atoms with Gasteiger partial charge in [0.1, 0.15) is 12.3 Å². The van der Waals surface area contributed by atoms with Gasteiger partial charge in [-0.05, 0) is 26.0 Å². The minimum Gasteiger partial charge on any atom is -0.470 e. The van der Waals surface area contributed by atoms with Crippen LogP contribution >= 0.6 is 0 Å². The van der Waals surface area contributed by atoms with E-state index in [9.17, 15) is 0 Å². The van der Waals surface area contributed by atoms with Crippen LogP contribution in [0.1, 0.15) is 12.5 Å². The second-order valence-corrected chi connectivity index (χ2v) is 4.52. The van der Waals surface area contributed by atoms with Crippen molar-refractivity contribution >= 4 is 11.4 Å². The van der Waals surface area contributed by atoms with Crippen LogP contribution in [0.4, 0.5) is 5.69 Å². The van der Waals surface area contributed by atoms with E-state index in [2.05, 4.69) is 41.2 Å². The summed E-state index contributed by atoms with van der Waals surface area (Å²) in [6.45, 7) is 4.55. The van der Waals surface area contributed by atoms with E-state index in [1.54, 1.807) is 0 Å². The average molecular weight is 238 g/mol. The Balaban J connectivity index is 2.03. The SMILES string of the molecule is CC1=Nc2ccc(-c3ccc(C)cc3)nc2OC1. The van der Waals surface area contributed by atoms with Gasteiger partial charge in [0, 0.05) is 5.56 Å². The second-order valence-electron chi connectivity index (χ2n) is 4.52. The van der Waals surface area contributed by atoms with Gasteiger partial charge in [-0.15, -0.1) is 0 Å². The second kappa shape index (κ2) is 4.26. The molecule has 0 atom stereocenters. The van der Waals surface area contributed by atoms with Crippen LogP contribution in [0.2, 0.25) is 0 Å². The van der Waals surface area contributed by atoms with E-state index >= 15 is 0 Å². The number of nitrogens with zero attached hydrogens (tertiary/aromatic N) is 2. The molecular weight excluding hydrogens is 224 g/mol. The number of fused-ring (bicyclic) bond motifs is 1. The lowest BCUT2D eigenvalue weighted by Gasteiger charge is -2.14. The number of aryl methyl sites for hydroxylation is 1. The fourth-order valence-corrected chi connectivity index (χ4v) is 1.92. The number of rotatable bonds is 1. The summed E-state index contributed by atoms with van der Waals surface area (Å²) in [6.07, 6.45) is 0. The van der Waals surface area contributed by atoms with Crippen molar-refractivity contribution in [2.75, 3.05) is 6.61 Å². The lowest BCUT2D eigenvalue weighted by atomic mass is 10.1. The molecular formula is C15H14N2O. The van der Waals surface area contributed by atoms with Crippen molar-refractivity contribution in [2.45, 2.75) is 13.8 Å². The number of hydrogen-bond donors (Lipinski definition) is 0. The first-order chi connectivity index (χ1) is 8.72. The highest BCUT2D eigenvalue weighted by Gasteiger charge is 2.12. The summed E-state index contributed by atoms with van der Waals surface area (Å²) in [6, 6.07) is 12.2. The van der Waals surface area contributed by atoms with Gasteiger partial charge in [-0.3, -0.25) is 0 Å². The Morgan fingerprint density at radius 2 is 1.78 bits per heavy atom. The third-order valence-electron chi connectivity index (χ3n) is 2.92. The van der Waals surface area contributed by atoms with Crippen LogP contribution in [-0.2, 0) is 0 Å². The maximum atomic E-state index is 5.58.